The Kier molecular flexibility index (Phi) is 5.71. The number of carbonyl (C=O) groups is 3. The zero-order valence-electron chi connectivity index (χ0n) is 13.5. The highest BCUT2D eigenvalue weighted by Gasteiger charge is 2.26. The van der Waals surface area contributed by atoms with Crippen LogP contribution in [-0.2, 0) is 14.4 Å². The van der Waals surface area contributed by atoms with Gasteiger partial charge in [-0.15, -0.1) is 0 Å². The number of imide groups is 1. The monoisotopic (exact) mass is 307 g/mol. The molecule has 0 aromatic carbocycles. The highest BCUT2D eigenvalue weighted by Crippen LogP contribution is 2.17. The maximum atomic E-state index is 11.7. The van der Waals surface area contributed by atoms with E-state index < -0.39 is 0 Å². The van der Waals surface area contributed by atoms with Gasteiger partial charge in [-0.3, -0.25) is 24.2 Å². The normalized spacial score (nSPS) is 19.8. The number of rotatable bonds is 6. The average Bonchev–Trinajstić information content (AvgIpc) is 2.78. The highest BCUT2D eigenvalue weighted by molar-refractivity contribution is 6.15. The van der Waals surface area contributed by atoms with E-state index in [9.17, 15) is 14.4 Å². The van der Waals surface area contributed by atoms with Crippen LogP contribution in [0.5, 0.6) is 0 Å². The van der Waals surface area contributed by atoms with Gasteiger partial charge in [0.05, 0.1) is 0 Å². The Morgan fingerprint density at radius 2 is 1.82 bits per heavy atom. The smallest absolute Gasteiger partial charge is 0.256 e. The molecule has 0 atom stereocenters. The van der Waals surface area contributed by atoms with E-state index in [1.807, 2.05) is 11.8 Å². The van der Waals surface area contributed by atoms with Crippen LogP contribution in [-0.4, -0.2) is 72.2 Å². The Labute approximate surface area is 131 Å². The van der Waals surface area contributed by atoms with E-state index in [2.05, 4.69) is 4.90 Å². The van der Waals surface area contributed by atoms with Crippen molar-refractivity contribution >= 4 is 17.7 Å². The highest BCUT2D eigenvalue weighted by atomic mass is 16.2. The van der Waals surface area contributed by atoms with Crippen molar-refractivity contribution in [1.82, 2.24) is 14.7 Å². The van der Waals surface area contributed by atoms with Crippen molar-refractivity contribution in [3.63, 3.8) is 0 Å². The lowest BCUT2D eigenvalue weighted by Crippen LogP contribution is -2.48. The summed E-state index contributed by atoms with van der Waals surface area (Å²) in [6, 6.07) is 0. The number of piperazine rings is 1. The standard InChI is InChI=1S/C16H25N3O3/c1-3-14(20)19-10-8-18(9-11-19)7-5-4-6-13-12-15(21)17(2)16(13)22/h12H,3-11H2,1-2H3. The summed E-state index contributed by atoms with van der Waals surface area (Å²) >= 11 is 0. The first-order chi connectivity index (χ1) is 10.5. The second-order valence-corrected chi connectivity index (χ2v) is 5.91. The van der Waals surface area contributed by atoms with Crippen LogP contribution in [0.15, 0.2) is 11.6 Å². The van der Waals surface area contributed by atoms with Gasteiger partial charge in [0.25, 0.3) is 11.8 Å². The first kappa shape index (κ1) is 16.7. The number of nitrogens with zero attached hydrogens (tertiary/aromatic N) is 3. The summed E-state index contributed by atoms with van der Waals surface area (Å²) in [6.07, 6.45) is 4.62. The average molecular weight is 307 g/mol. The van der Waals surface area contributed by atoms with Gasteiger partial charge in [0.1, 0.15) is 0 Å². The minimum absolute atomic E-state index is 0.156. The molecular formula is C16H25N3O3. The first-order valence-corrected chi connectivity index (χ1v) is 8.05. The van der Waals surface area contributed by atoms with E-state index in [-0.39, 0.29) is 17.7 Å². The molecule has 0 bridgehead atoms. The maximum Gasteiger partial charge on any atom is 0.256 e. The molecule has 0 saturated carbocycles. The molecule has 2 aliphatic rings. The van der Waals surface area contributed by atoms with Crippen molar-refractivity contribution in [2.75, 3.05) is 39.8 Å². The van der Waals surface area contributed by atoms with Crippen LogP contribution in [0, 0.1) is 0 Å². The molecule has 0 unspecified atom stereocenters. The largest absolute Gasteiger partial charge is 0.340 e. The fraction of sp³-hybridized carbons (Fsp3) is 0.688. The van der Waals surface area contributed by atoms with Crippen molar-refractivity contribution in [2.45, 2.75) is 32.6 Å². The summed E-state index contributed by atoms with van der Waals surface area (Å²) in [5, 5.41) is 0. The minimum atomic E-state index is -0.211. The second-order valence-electron chi connectivity index (χ2n) is 5.91. The van der Waals surface area contributed by atoms with E-state index in [0.29, 0.717) is 18.4 Å². The molecule has 1 saturated heterocycles. The van der Waals surface area contributed by atoms with Gasteiger partial charge in [-0.25, -0.2) is 0 Å². The third kappa shape index (κ3) is 3.94. The molecule has 0 aliphatic carbocycles. The Balaban J connectivity index is 1.62. The van der Waals surface area contributed by atoms with Crippen LogP contribution in [0.25, 0.3) is 0 Å². The molecule has 0 radical (unpaired) electrons. The van der Waals surface area contributed by atoms with Crippen LogP contribution in [0.4, 0.5) is 0 Å². The summed E-state index contributed by atoms with van der Waals surface area (Å²) in [4.78, 5) is 40.2. The molecule has 2 aliphatic heterocycles. The summed E-state index contributed by atoms with van der Waals surface area (Å²) in [5.41, 5.74) is 0.630. The van der Waals surface area contributed by atoms with E-state index >= 15 is 0 Å². The van der Waals surface area contributed by atoms with Crippen molar-refractivity contribution in [3.8, 4) is 0 Å². The van der Waals surface area contributed by atoms with Gasteiger partial charge in [-0.2, -0.15) is 0 Å². The third-order valence-electron chi connectivity index (χ3n) is 4.41. The summed E-state index contributed by atoms with van der Waals surface area (Å²) in [5.74, 6) is -0.131. The molecule has 22 heavy (non-hydrogen) atoms. The molecule has 2 heterocycles. The van der Waals surface area contributed by atoms with E-state index in [4.69, 9.17) is 0 Å². The SMILES string of the molecule is CCC(=O)N1CCN(CCCCC2=CC(=O)N(C)C2=O)CC1. The van der Waals surface area contributed by atoms with Crippen LogP contribution >= 0.6 is 0 Å². The summed E-state index contributed by atoms with van der Waals surface area (Å²) in [6.45, 7) is 6.36. The predicted octanol–water partition coefficient (Wildman–Crippen LogP) is 0.636. The number of hydrogen-bond donors (Lipinski definition) is 0. The Hall–Kier alpha value is -1.69. The predicted molar refractivity (Wildman–Crippen MR) is 83.0 cm³/mol. The summed E-state index contributed by atoms with van der Waals surface area (Å²) in [7, 11) is 1.52. The van der Waals surface area contributed by atoms with Crippen molar-refractivity contribution in [2.24, 2.45) is 0 Å². The fourth-order valence-corrected chi connectivity index (χ4v) is 2.90. The Morgan fingerprint density at radius 3 is 2.36 bits per heavy atom. The number of likely N-dealkylation sites (N-methyl/N-ethyl adjacent to an activating group) is 1. The number of hydrogen-bond acceptors (Lipinski definition) is 4. The molecule has 1 fully saturated rings. The molecular weight excluding hydrogens is 282 g/mol. The second kappa shape index (κ2) is 7.54. The molecule has 6 heteroatoms. The summed E-state index contributed by atoms with van der Waals surface area (Å²) < 4.78 is 0. The molecule has 2 rings (SSSR count). The Bertz CT molecular complexity index is 479. The van der Waals surface area contributed by atoms with Gasteiger partial charge in [-0.1, -0.05) is 6.92 Å². The van der Waals surface area contributed by atoms with Crippen LogP contribution < -0.4 is 0 Å². The van der Waals surface area contributed by atoms with Gasteiger partial charge in [-0.05, 0) is 25.8 Å². The van der Waals surface area contributed by atoms with Crippen molar-refractivity contribution in [1.29, 1.82) is 0 Å². The van der Waals surface area contributed by atoms with Crippen LogP contribution in [0.1, 0.15) is 32.6 Å². The minimum Gasteiger partial charge on any atom is -0.340 e. The lowest BCUT2D eigenvalue weighted by atomic mass is 10.1. The molecule has 0 aromatic heterocycles. The van der Waals surface area contributed by atoms with Gasteiger partial charge in [0.15, 0.2) is 0 Å². The molecule has 0 spiro atoms. The zero-order chi connectivity index (χ0) is 16.1. The van der Waals surface area contributed by atoms with Crippen molar-refractivity contribution < 1.29 is 14.4 Å². The van der Waals surface area contributed by atoms with Gasteiger partial charge in [0.2, 0.25) is 5.91 Å². The molecule has 3 amide bonds. The van der Waals surface area contributed by atoms with Crippen LogP contribution in [0.2, 0.25) is 0 Å². The van der Waals surface area contributed by atoms with Crippen LogP contribution in [0.3, 0.4) is 0 Å². The topological polar surface area (TPSA) is 60.9 Å². The number of amides is 3. The quantitative estimate of drug-likeness (QED) is 0.533. The van der Waals surface area contributed by atoms with Crippen molar-refractivity contribution in [3.05, 3.63) is 11.6 Å². The lowest BCUT2D eigenvalue weighted by Gasteiger charge is -2.34. The number of carbonyl (C=O) groups excluding carboxylic acids is 3. The van der Waals surface area contributed by atoms with E-state index in [1.165, 1.54) is 18.0 Å². The molecule has 6 nitrogen and oxygen atoms in total. The maximum absolute atomic E-state index is 11.7. The number of unbranched alkanes of at least 4 members (excludes halogenated alkanes) is 1. The lowest BCUT2D eigenvalue weighted by molar-refractivity contribution is -0.135. The third-order valence-corrected chi connectivity index (χ3v) is 4.41. The molecule has 122 valence electrons. The molecule has 0 aromatic rings. The zero-order valence-corrected chi connectivity index (χ0v) is 13.5. The van der Waals surface area contributed by atoms with Gasteiger partial charge < -0.3 is 4.90 Å². The van der Waals surface area contributed by atoms with Gasteiger partial charge >= 0.3 is 0 Å². The fourth-order valence-electron chi connectivity index (χ4n) is 2.90. The van der Waals surface area contributed by atoms with E-state index in [0.717, 1.165) is 45.6 Å². The molecule has 0 N–H and O–H groups in total. The van der Waals surface area contributed by atoms with E-state index in [1.54, 1.807) is 0 Å². The Morgan fingerprint density at radius 1 is 1.14 bits per heavy atom. The van der Waals surface area contributed by atoms with Gasteiger partial charge in [0, 0.05) is 51.3 Å². The first-order valence-electron chi connectivity index (χ1n) is 8.05.